The number of benzene rings is 2. The number of ether oxygens (including phenoxy) is 2. The highest BCUT2D eigenvalue weighted by molar-refractivity contribution is 7.92. The molecule has 4 aromatic rings. The third-order valence-corrected chi connectivity index (χ3v) is 9.41. The molecule has 0 aliphatic heterocycles. The molecule has 0 saturated carbocycles. The predicted molar refractivity (Wildman–Crippen MR) is 186 cm³/mol. The summed E-state index contributed by atoms with van der Waals surface area (Å²) >= 11 is 6.05. The van der Waals surface area contributed by atoms with E-state index in [9.17, 15) is 22.8 Å². The van der Waals surface area contributed by atoms with Crippen LogP contribution in [0.4, 0.5) is 19.3 Å². The normalized spacial score (nSPS) is 13.1. The highest BCUT2D eigenvalue weighted by Crippen LogP contribution is 2.31. The zero-order valence-corrected chi connectivity index (χ0v) is 30.0. The van der Waals surface area contributed by atoms with Gasteiger partial charge in [-0.2, -0.15) is 0 Å². The smallest absolute Gasteiger partial charge is 0.408 e. The zero-order chi connectivity index (χ0) is 37.0. The fourth-order valence-corrected chi connectivity index (χ4v) is 6.30. The number of pyridine rings is 1. The number of amides is 1. The monoisotopic (exact) mass is 732 g/mol. The minimum Gasteiger partial charge on any atom is -0.444 e. The Balaban J connectivity index is 1.76. The number of nitrogens with zero attached hydrogens (tertiary/aromatic N) is 2. The first-order valence-corrected chi connectivity index (χ1v) is 17.9. The Morgan fingerprint density at radius 3 is 2.34 bits per heavy atom. The van der Waals surface area contributed by atoms with Gasteiger partial charge in [-0.15, -0.1) is 0 Å². The first-order valence-electron chi connectivity index (χ1n) is 15.9. The average molecular weight is 733 g/mol. The van der Waals surface area contributed by atoms with Crippen molar-refractivity contribution >= 4 is 56.2 Å². The van der Waals surface area contributed by atoms with E-state index in [1.165, 1.54) is 17.0 Å². The second kappa shape index (κ2) is 15.5. The SMILES string of the molecule is CCCS(=O)(=O)Nc1ccc(F)c(C(=O)c2cn(COC(=O)C(NC(=O)OC(C)(C)C)C(C)CC)c3ncc(-c4ccc(Cl)cc4)cc23)c1F. The molecule has 0 spiro atoms. The van der Waals surface area contributed by atoms with Crippen molar-refractivity contribution in [2.75, 3.05) is 10.5 Å². The molecule has 0 radical (unpaired) electrons. The quantitative estimate of drug-likeness (QED) is 0.106. The maximum atomic E-state index is 15.8. The van der Waals surface area contributed by atoms with Crippen molar-refractivity contribution in [3.8, 4) is 11.1 Å². The Kier molecular flexibility index (Phi) is 11.9. The van der Waals surface area contributed by atoms with Crippen LogP contribution in [-0.2, 0) is 31.0 Å². The van der Waals surface area contributed by atoms with E-state index in [1.807, 2.05) is 6.92 Å². The van der Waals surface area contributed by atoms with Crippen molar-refractivity contribution < 1.29 is 41.1 Å². The fraction of sp³-hybridized carbons (Fsp3) is 0.371. The lowest BCUT2D eigenvalue weighted by atomic mass is 9.99. The minimum atomic E-state index is -3.97. The molecule has 2 aromatic heterocycles. The van der Waals surface area contributed by atoms with Crippen LogP contribution < -0.4 is 10.0 Å². The van der Waals surface area contributed by atoms with E-state index in [4.69, 9.17) is 21.1 Å². The van der Waals surface area contributed by atoms with Crippen LogP contribution in [0.15, 0.2) is 54.9 Å². The Hall–Kier alpha value is -4.56. The van der Waals surface area contributed by atoms with Gasteiger partial charge in [0.25, 0.3) is 0 Å². The summed E-state index contributed by atoms with van der Waals surface area (Å²) in [5.41, 5.74) is -1.23. The van der Waals surface area contributed by atoms with Gasteiger partial charge < -0.3 is 14.8 Å². The lowest BCUT2D eigenvalue weighted by Gasteiger charge is -2.25. The number of carbonyl (C=O) groups excluding carboxylic acids is 3. The van der Waals surface area contributed by atoms with E-state index in [0.29, 0.717) is 22.6 Å². The summed E-state index contributed by atoms with van der Waals surface area (Å²) < 4.78 is 70.0. The number of alkyl carbamates (subject to hydrolysis) is 1. The number of carbonyl (C=O) groups is 3. The van der Waals surface area contributed by atoms with Gasteiger partial charge in [-0.1, -0.05) is 50.9 Å². The molecule has 1 amide bonds. The molecule has 11 nitrogen and oxygen atoms in total. The van der Waals surface area contributed by atoms with Gasteiger partial charge >= 0.3 is 12.1 Å². The summed E-state index contributed by atoms with van der Waals surface area (Å²) in [6.07, 6.45) is 2.70. The average Bonchev–Trinajstić information content (AvgIpc) is 3.40. The third kappa shape index (κ3) is 9.16. The van der Waals surface area contributed by atoms with Crippen LogP contribution in [0.3, 0.4) is 0 Å². The molecule has 2 atom stereocenters. The summed E-state index contributed by atoms with van der Waals surface area (Å²) in [5.74, 6) is -5.17. The molecule has 0 aliphatic rings. The molecule has 268 valence electrons. The van der Waals surface area contributed by atoms with Crippen LogP contribution in [0.2, 0.25) is 5.02 Å². The van der Waals surface area contributed by atoms with Gasteiger partial charge in [0.15, 0.2) is 12.5 Å². The zero-order valence-electron chi connectivity index (χ0n) is 28.5. The number of aromatic nitrogens is 2. The summed E-state index contributed by atoms with van der Waals surface area (Å²) in [6, 6.07) is 8.98. The van der Waals surface area contributed by atoms with Gasteiger partial charge in [0.2, 0.25) is 15.8 Å². The summed E-state index contributed by atoms with van der Waals surface area (Å²) in [4.78, 5) is 44.3. The van der Waals surface area contributed by atoms with Crippen molar-refractivity contribution in [2.24, 2.45) is 5.92 Å². The Labute approximate surface area is 294 Å². The number of hydrogen-bond acceptors (Lipinski definition) is 8. The number of rotatable bonds is 13. The largest absolute Gasteiger partial charge is 0.444 e. The minimum absolute atomic E-state index is 0.139. The lowest BCUT2D eigenvalue weighted by Crippen LogP contribution is -2.47. The van der Waals surface area contributed by atoms with Gasteiger partial charge in [0.05, 0.1) is 22.6 Å². The van der Waals surface area contributed by atoms with E-state index in [2.05, 4.69) is 15.0 Å². The Morgan fingerprint density at radius 1 is 1.04 bits per heavy atom. The molecule has 2 N–H and O–H groups in total. The predicted octanol–water partition coefficient (Wildman–Crippen LogP) is 7.46. The molecule has 0 fully saturated rings. The number of hydrogen-bond donors (Lipinski definition) is 2. The van der Waals surface area contributed by atoms with Gasteiger partial charge in [-0.05, 0) is 69.0 Å². The molecule has 2 heterocycles. The molecule has 15 heteroatoms. The summed E-state index contributed by atoms with van der Waals surface area (Å²) in [6.45, 7) is 9.78. The Morgan fingerprint density at radius 2 is 1.72 bits per heavy atom. The van der Waals surface area contributed by atoms with Crippen molar-refractivity contribution in [3.63, 3.8) is 0 Å². The van der Waals surface area contributed by atoms with Crippen LogP contribution >= 0.6 is 11.6 Å². The molecule has 2 aromatic carbocycles. The second-order valence-corrected chi connectivity index (χ2v) is 15.0. The van der Waals surface area contributed by atoms with Crippen LogP contribution in [0.1, 0.15) is 70.3 Å². The number of halogens is 3. The highest BCUT2D eigenvalue weighted by atomic mass is 35.5. The molecular weight excluding hydrogens is 694 g/mol. The standard InChI is InChI=1S/C35H39ClF2N4O7S/c1-7-15-50(46,47)41-27-14-13-26(37)28(29(27)38)31(43)25-18-42(32-24(25)16-22(17-39-32)21-9-11-23(36)12-10-21)19-48-33(44)30(20(3)8-2)40-34(45)49-35(4,5)6/h9-14,16-18,20,30,41H,7-8,15,19H2,1-6H3,(H,40,45). The number of ketones is 1. The van der Waals surface area contributed by atoms with Crippen LogP contribution in [0.5, 0.6) is 0 Å². The number of sulfonamides is 1. The van der Waals surface area contributed by atoms with Gasteiger partial charge in [-0.3, -0.25) is 14.1 Å². The van der Waals surface area contributed by atoms with E-state index in [-0.39, 0.29) is 34.7 Å². The molecule has 0 aliphatic carbocycles. The molecule has 50 heavy (non-hydrogen) atoms. The topological polar surface area (TPSA) is 146 Å². The number of esters is 1. The van der Waals surface area contributed by atoms with Gasteiger partial charge in [0.1, 0.15) is 23.1 Å². The van der Waals surface area contributed by atoms with Crippen molar-refractivity contribution in [2.45, 2.75) is 72.8 Å². The maximum absolute atomic E-state index is 15.8. The lowest BCUT2D eigenvalue weighted by molar-refractivity contribution is -0.151. The summed E-state index contributed by atoms with van der Waals surface area (Å²) in [5, 5.41) is 3.21. The number of nitrogens with one attached hydrogen (secondary N) is 2. The van der Waals surface area contributed by atoms with Crippen molar-refractivity contribution in [1.29, 1.82) is 0 Å². The third-order valence-electron chi connectivity index (χ3n) is 7.68. The van der Waals surface area contributed by atoms with E-state index in [0.717, 1.165) is 12.1 Å². The molecule has 0 saturated heterocycles. The second-order valence-electron chi connectivity index (χ2n) is 12.8. The summed E-state index contributed by atoms with van der Waals surface area (Å²) in [7, 11) is -3.97. The van der Waals surface area contributed by atoms with E-state index < -0.39 is 69.1 Å². The van der Waals surface area contributed by atoms with Crippen molar-refractivity contribution in [3.05, 3.63) is 82.6 Å². The van der Waals surface area contributed by atoms with Gasteiger partial charge in [-0.25, -0.2) is 31.8 Å². The molecular formula is C35H39ClF2N4O7S. The molecule has 2 unspecified atom stereocenters. The van der Waals surface area contributed by atoms with E-state index >= 15 is 8.78 Å². The van der Waals surface area contributed by atoms with E-state index in [1.54, 1.807) is 65.0 Å². The molecule has 0 bridgehead atoms. The van der Waals surface area contributed by atoms with Crippen molar-refractivity contribution in [1.82, 2.24) is 14.9 Å². The van der Waals surface area contributed by atoms with Crippen LogP contribution in [-0.4, -0.2) is 53.2 Å². The van der Waals surface area contributed by atoms with Crippen LogP contribution in [0, 0.1) is 17.6 Å². The van der Waals surface area contributed by atoms with Gasteiger partial charge in [0, 0.05) is 28.4 Å². The van der Waals surface area contributed by atoms with Crippen LogP contribution in [0.25, 0.3) is 22.2 Å². The molecule has 4 rings (SSSR count). The Bertz CT molecular complexity index is 2010. The first-order chi connectivity index (χ1) is 23.4. The number of fused-ring (bicyclic) bond motifs is 1. The maximum Gasteiger partial charge on any atom is 0.408 e. The fourth-order valence-electron chi connectivity index (χ4n) is 5.04. The first kappa shape index (κ1) is 38.2. The number of anilines is 1. The highest BCUT2D eigenvalue weighted by Gasteiger charge is 2.31.